The van der Waals surface area contributed by atoms with Gasteiger partial charge in [-0.25, -0.2) is 18.0 Å². The minimum absolute atomic E-state index is 0.0390. The lowest BCUT2D eigenvalue weighted by atomic mass is 9.66. The average molecular weight is 511 g/mol. The Balaban J connectivity index is 1.37. The fraction of sp³-hybridized carbons (Fsp3) is 0.321. The van der Waals surface area contributed by atoms with E-state index in [-0.39, 0.29) is 43.0 Å². The number of nitrogens with one attached hydrogen (secondary N) is 1. The number of fused-ring (bicyclic) bond motifs is 2. The number of hydrogen-bond acceptors (Lipinski definition) is 4. The average Bonchev–Trinajstić information content (AvgIpc) is 2.84. The third-order valence-electron chi connectivity index (χ3n) is 7.55. The molecule has 2 bridgehead atoms. The monoisotopic (exact) mass is 510 g/mol. The van der Waals surface area contributed by atoms with Crippen LogP contribution >= 0.6 is 0 Å². The van der Waals surface area contributed by atoms with Crippen molar-refractivity contribution in [2.45, 2.75) is 12.1 Å². The van der Waals surface area contributed by atoms with Crippen molar-refractivity contribution in [3.63, 3.8) is 0 Å². The van der Waals surface area contributed by atoms with Gasteiger partial charge >= 0.3 is 6.03 Å². The topological polar surface area (TPSA) is 81.8 Å². The highest BCUT2D eigenvalue weighted by molar-refractivity contribution is 5.89. The van der Waals surface area contributed by atoms with E-state index in [2.05, 4.69) is 10.2 Å². The van der Waals surface area contributed by atoms with Crippen LogP contribution in [0.4, 0.5) is 23.7 Å². The van der Waals surface area contributed by atoms with Crippen molar-refractivity contribution in [2.24, 2.45) is 17.6 Å². The number of benzene rings is 3. The van der Waals surface area contributed by atoms with Gasteiger partial charge in [0.15, 0.2) is 0 Å². The molecule has 0 radical (unpaired) electrons. The summed E-state index contributed by atoms with van der Waals surface area (Å²) in [5.41, 5.74) is 7.16. The number of likely N-dealkylation sites (tertiary alicyclic amines) is 2. The van der Waals surface area contributed by atoms with Gasteiger partial charge in [-0.15, -0.1) is 0 Å². The maximum absolute atomic E-state index is 14.2. The Bertz CT molecular complexity index is 1280. The first-order valence-electron chi connectivity index (χ1n) is 12.2. The summed E-state index contributed by atoms with van der Waals surface area (Å²) in [5, 5.41) is 14.6. The highest BCUT2D eigenvalue weighted by Gasteiger charge is 2.53. The summed E-state index contributed by atoms with van der Waals surface area (Å²) in [6, 6.07) is 14.8. The molecule has 37 heavy (non-hydrogen) atoms. The van der Waals surface area contributed by atoms with Crippen molar-refractivity contribution in [1.82, 2.24) is 9.80 Å². The third kappa shape index (κ3) is 4.82. The van der Waals surface area contributed by atoms with Gasteiger partial charge in [-0.05, 0) is 41.9 Å². The van der Waals surface area contributed by atoms with Crippen LogP contribution in [0.1, 0.15) is 11.1 Å². The highest BCUT2D eigenvalue weighted by Crippen LogP contribution is 2.45. The van der Waals surface area contributed by atoms with Crippen molar-refractivity contribution in [3.05, 3.63) is 89.2 Å². The van der Waals surface area contributed by atoms with E-state index in [1.54, 1.807) is 11.0 Å². The summed E-state index contributed by atoms with van der Waals surface area (Å²) >= 11 is 0. The minimum atomic E-state index is -1.17. The second-order valence-corrected chi connectivity index (χ2v) is 10.0. The zero-order valence-corrected chi connectivity index (χ0v) is 20.4. The van der Waals surface area contributed by atoms with Crippen molar-refractivity contribution < 1.29 is 23.1 Å². The molecule has 3 aromatic rings. The summed E-state index contributed by atoms with van der Waals surface area (Å²) < 4.78 is 41.4. The Kier molecular flexibility index (Phi) is 6.70. The predicted octanol–water partition coefficient (Wildman–Crippen LogP) is 4.14. The molecule has 2 aliphatic heterocycles. The largest absolute Gasteiger partial charge is 0.384 e. The van der Waals surface area contributed by atoms with Crippen molar-refractivity contribution in [1.29, 1.82) is 0 Å². The van der Waals surface area contributed by atoms with Gasteiger partial charge < -0.3 is 26.0 Å². The molecule has 0 spiro atoms. The zero-order valence-electron chi connectivity index (χ0n) is 20.4. The molecular weight excluding hydrogens is 481 g/mol. The number of anilines is 1. The molecule has 2 heterocycles. The first-order chi connectivity index (χ1) is 17.7. The highest BCUT2D eigenvalue weighted by atomic mass is 19.1. The predicted molar refractivity (Wildman–Crippen MR) is 135 cm³/mol. The normalized spacial score (nSPS) is 23.7. The van der Waals surface area contributed by atoms with Gasteiger partial charge in [0.1, 0.15) is 23.1 Å². The van der Waals surface area contributed by atoms with Gasteiger partial charge in [-0.2, -0.15) is 0 Å². The van der Waals surface area contributed by atoms with Crippen LogP contribution in [-0.4, -0.2) is 54.2 Å². The van der Waals surface area contributed by atoms with E-state index in [9.17, 15) is 23.1 Å². The van der Waals surface area contributed by atoms with Crippen LogP contribution in [0.25, 0.3) is 11.1 Å². The maximum atomic E-state index is 14.2. The molecule has 2 amide bonds. The number of piperidine rings is 2. The van der Waals surface area contributed by atoms with Crippen molar-refractivity contribution in [3.8, 4) is 11.1 Å². The molecular formula is C28H29F3N4O2. The molecule has 2 fully saturated rings. The number of rotatable bonds is 4. The Hall–Kier alpha value is -3.40. The molecule has 0 aromatic heterocycles. The van der Waals surface area contributed by atoms with Crippen LogP contribution in [0, 0.1) is 29.3 Å². The lowest BCUT2D eigenvalue weighted by molar-refractivity contribution is -0.153. The molecule has 5 rings (SSSR count). The molecule has 2 aliphatic rings. The van der Waals surface area contributed by atoms with E-state index in [1.807, 2.05) is 37.4 Å². The number of nitrogens with zero attached hydrogens (tertiary/aromatic N) is 2. The van der Waals surface area contributed by atoms with Gasteiger partial charge in [0, 0.05) is 61.9 Å². The maximum Gasteiger partial charge on any atom is 0.321 e. The van der Waals surface area contributed by atoms with E-state index < -0.39 is 23.3 Å². The van der Waals surface area contributed by atoms with Crippen LogP contribution in [0.2, 0.25) is 0 Å². The number of carbonyl (C=O) groups is 1. The van der Waals surface area contributed by atoms with Crippen LogP contribution in [-0.2, 0) is 12.1 Å². The first kappa shape index (κ1) is 25.3. The fourth-order valence-electron chi connectivity index (χ4n) is 5.73. The SMILES string of the molecule is CN1C[C@@H]2CN(C(=O)Nc3cc(F)cc(F)c3)C[C@H](C1)[C@@]2(O)c1ccc(-c2ccc(CN)c(F)c2)cc1. The molecule has 9 heteroatoms. The Labute approximate surface area is 213 Å². The zero-order chi connectivity index (χ0) is 26.3. The van der Waals surface area contributed by atoms with Crippen LogP contribution < -0.4 is 11.1 Å². The van der Waals surface area contributed by atoms with Gasteiger partial charge in [-0.1, -0.05) is 36.4 Å². The quantitative estimate of drug-likeness (QED) is 0.493. The standard InChI is InChI=1S/C28H29F3N4O2/c1-34-13-21-15-35(27(36)33-25-10-23(29)9-24(30)11-25)16-22(14-34)28(21,37)20-6-4-17(5-7-20)18-2-3-19(12-32)26(31)8-18/h2-11,21-22,37H,12-16,32H2,1H3,(H,33,36)/t21-,22+,28-. The number of carbonyl (C=O) groups excluding carboxylic acids is 1. The molecule has 194 valence electrons. The van der Waals surface area contributed by atoms with Crippen LogP contribution in [0.3, 0.4) is 0 Å². The summed E-state index contributed by atoms with van der Waals surface area (Å²) in [6.45, 7) is 1.81. The molecule has 0 unspecified atom stereocenters. The van der Waals surface area contributed by atoms with Crippen molar-refractivity contribution in [2.75, 3.05) is 38.5 Å². The summed E-state index contributed by atoms with van der Waals surface area (Å²) in [6.07, 6.45) is 0. The summed E-state index contributed by atoms with van der Waals surface area (Å²) in [5.74, 6) is -2.47. The van der Waals surface area contributed by atoms with Gasteiger partial charge in [0.25, 0.3) is 0 Å². The molecule has 0 saturated carbocycles. The van der Waals surface area contributed by atoms with Crippen molar-refractivity contribution >= 4 is 11.7 Å². The van der Waals surface area contributed by atoms with Gasteiger partial charge in [0.2, 0.25) is 0 Å². The van der Waals surface area contributed by atoms with E-state index in [4.69, 9.17) is 5.73 Å². The Morgan fingerprint density at radius 2 is 1.54 bits per heavy atom. The van der Waals surface area contributed by atoms with E-state index in [0.717, 1.165) is 29.3 Å². The molecule has 2 saturated heterocycles. The Morgan fingerprint density at radius 1 is 0.946 bits per heavy atom. The first-order valence-corrected chi connectivity index (χ1v) is 12.2. The van der Waals surface area contributed by atoms with E-state index >= 15 is 0 Å². The van der Waals surface area contributed by atoms with Crippen LogP contribution in [0.5, 0.6) is 0 Å². The second-order valence-electron chi connectivity index (χ2n) is 10.0. The van der Waals surface area contributed by atoms with Crippen LogP contribution in [0.15, 0.2) is 60.7 Å². The smallest absolute Gasteiger partial charge is 0.321 e. The summed E-state index contributed by atoms with van der Waals surface area (Å²) in [7, 11) is 1.98. The molecule has 4 N–H and O–H groups in total. The number of halogens is 3. The third-order valence-corrected chi connectivity index (χ3v) is 7.55. The molecule has 6 nitrogen and oxygen atoms in total. The fourth-order valence-corrected chi connectivity index (χ4v) is 5.73. The number of amides is 2. The summed E-state index contributed by atoms with van der Waals surface area (Å²) in [4.78, 5) is 16.7. The van der Waals surface area contributed by atoms with E-state index in [1.165, 1.54) is 6.07 Å². The number of nitrogens with two attached hydrogens (primary N) is 1. The second kappa shape index (κ2) is 9.81. The van der Waals surface area contributed by atoms with E-state index in [0.29, 0.717) is 24.2 Å². The van der Waals surface area contributed by atoms with Gasteiger partial charge in [-0.3, -0.25) is 0 Å². The molecule has 0 aliphatic carbocycles. The molecule has 3 atom stereocenters. The molecule has 3 aromatic carbocycles. The number of urea groups is 1. The lowest BCUT2D eigenvalue weighted by Crippen LogP contribution is -2.65. The van der Waals surface area contributed by atoms with Gasteiger partial charge in [0.05, 0.1) is 0 Å². The number of hydrogen-bond donors (Lipinski definition) is 3. The number of aliphatic hydroxyl groups is 1. The lowest BCUT2D eigenvalue weighted by Gasteiger charge is -2.55. The Morgan fingerprint density at radius 3 is 2.11 bits per heavy atom. The minimum Gasteiger partial charge on any atom is -0.384 e.